The maximum Gasteiger partial charge on any atom is 0.100 e. The molecule has 1 rings (SSSR count). The molecule has 60 valence electrons. The van der Waals surface area contributed by atoms with Crippen molar-refractivity contribution < 1.29 is 0 Å². The molecule has 2 nitrogen and oxygen atoms in total. The smallest absolute Gasteiger partial charge is 0.100 e. The van der Waals surface area contributed by atoms with Gasteiger partial charge in [-0.3, -0.25) is 0 Å². The summed E-state index contributed by atoms with van der Waals surface area (Å²) in [6, 6.07) is 4.06. The standard InChI is InChI=1S/C8H12N2S/c1-9-6-7-4-3-5-10-8(7)11-2/h3-5,9H,6H2,1-2H3. The fraction of sp³-hybridized carbons (Fsp3) is 0.375. The van der Waals surface area contributed by atoms with E-state index in [1.807, 2.05) is 25.6 Å². The summed E-state index contributed by atoms with van der Waals surface area (Å²) in [7, 11) is 1.94. The van der Waals surface area contributed by atoms with Crippen LogP contribution in [0.4, 0.5) is 0 Å². The fourth-order valence-corrected chi connectivity index (χ4v) is 1.50. The van der Waals surface area contributed by atoms with Crippen molar-refractivity contribution in [3.63, 3.8) is 0 Å². The Kier molecular flexibility index (Phi) is 3.39. The highest BCUT2D eigenvalue weighted by molar-refractivity contribution is 7.98. The van der Waals surface area contributed by atoms with Crippen LogP contribution >= 0.6 is 11.8 Å². The second-order valence-electron chi connectivity index (χ2n) is 2.20. The van der Waals surface area contributed by atoms with Crippen molar-refractivity contribution >= 4 is 11.8 Å². The molecule has 1 N–H and O–H groups in total. The Morgan fingerprint density at radius 3 is 3.09 bits per heavy atom. The number of hydrogen-bond donors (Lipinski definition) is 1. The molecule has 0 aliphatic carbocycles. The molecule has 0 bridgehead atoms. The fourth-order valence-electron chi connectivity index (χ4n) is 0.933. The van der Waals surface area contributed by atoms with Crippen LogP contribution in [0.2, 0.25) is 0 Å². The molecule has 0 saturated heterocycles. The Hall–Kier alpha value is -0.540. The van der Waals surface area contributed by atoms with Crippen molar-refractivity contribution in [3.8, 4) is 0 Å². The van der Waals surface area contributed by atoms with E-state index in [-0.39, 0.29) is 0 Å². The minimum atomic E-state index is 0.893. The van der Waals surface area contributed by atoms with Gasteiger partial charge in [-0.05, 0) is 24.9 Å². The molecule has 1 aromatic rings. The van der Waals surface area contributed by atoms with Crippen molar-refractivity contribution in [1.29, 1.82) is 0 Å². The van der Waals surface area contributed by atoms with Crippen LogP contribution in [0.1, 0.15) is 5.56 Å². The molecule has 0 amide bonds. The molecule has 3 heteroatoms. The Bertz CT molecular complexity index is 225. The molecule has 0 aliphatic rings. The van der Waals surface area contributed by atoms with E-state index in [2.05, 4.69) is 16.4 Å². The van der Waals surface area contributed by atoms with E-state index in [0.717, 1.165) is 11.6 Å². The summed E-state index contributed by atoms with van der Waals surface area (Å²) in [5.74, 6) is 0. The van der Waals surface area contributed by atoms with Crippen molar-refractivity contribution in [2.75, 3.05) is 13.3 Å². The van der Waals surface area contributed by atoms with Gasteiger partial charge in [0.25, 0.3) is 0 Å². The van der Waals surface area contributed by atoms with E-state index in [1.54, 1.807) is 11.8 Å². The quantitative estimate of drug-likeness (QED) is 0.693. The zero-order valence-corrected chi connectivity index (χ0v) is 7.61. The zero-order chi connectivity index (χ0) is 8.10. The summed E-state index contributed by atoms with van der Waals surface area (Å²) in [4.78, 5) is 4.24. The monoisotopic (exact) mass is 168 g/mol. The first-order valence-electron chi connectivity index (χ1n) is 3.51. The minimum absolute atomic E-state index is 0.893. The number of nitrogens with zero attached hydrogens (tertiary/aromatic N) is 1. The topological polar surface area (TPSA) is 24.9 Å². The molecular weight excluding hydrogens is 156 g/mol. The van der Waals surface area contributed by atoms with Crippen LogP contribution in [0.15, 0.2) is 23.4 Å². The first-order valence-corrected chi connectivity index (χ1v) is 4.73. The zero-order valence-electron chi connectivity index (χ0n) is 6.79. The molecule has 0 saturated carbocycles. The van der Waals surface area contributed by atoms with Crippen LogP contribution in [-0.4, -0.2) is 18.3 Å². The lowest BCUT2D eigenvalue weighted by Gasteiger charge is -2.03. The third kappa shape index (κ3) is 2.20. The molecule has 0 aromatic carbocycles. The Balaban J connectivity index is 2.83. The van der Waals surface area contributed by atoms with Gasteiger partial charge in [-0.25, -0.2) is 4.98 Å². The molecular formula is C8H12N2S. The normalized spacial score (nSPS) is 10.0. The molecule has 0 aliphatic heterocycles. The number of rotatable bonds is 3. The molecule has 1 heterocycles. The SMILES string of the molecule is CNCc1cccnc1SC. The van der Waals surface area contributed by atoms with Crippen LogP contribution in [0.25, 0.3) is 0 Å². The van der Waals surface area contributed by atoms with Crippen molar-refractivity contribution in [2.45, 2.75) is 11.6 Å². The lowest BCUT2D eigenvalue weighted by atomic mass is 10.3. The van der Waals surface area contributed by atoms with Crippen molar-refractivity contribution in [1.82, 2.24) is 10.3 Å². The van der Waals surface area contributed by atoms with Gasteiger partial charge < -0.3 is 5.32 Å². The number of pyridine rings is 1. The maximum atomic E-state index is 4.24. The first-order chi connectivity index (χ1) is 5.38. The predicted molar refractivity (Wildman–Crippen MR) is 48.8 cm³/mol. The van der Waals surface area contributed by atoms with Crippen LogP contribution in [0.5, 0.6) is 0 Å². The number of nitrogens with one attached hydrogen (secondary N) is 1. The summed E-state index contributed by atoms with van der Waals surface area (Å²) in [5.41, 5.74) is 1.27. The summed E-state index contributed by atoms with van der Waals surface area (Å²) >= 11 is 1.68. The van der Waals surface area contributed by atoms with Crippen LogP contribution in [-0.2, 0) is 6.54 Å². The van der Waals surface area contributed by atoms with Gasteiger partial charge in [0, 0.05) is 12.7 Å². The Morgan fingerprint density at radius 1 is 1.64 bits per heavy atom. The molecule has 0 atom stereocenters. The molecule has 11 heavy (non-hydrogen) atoms. The summed E-state index contributed by atoms with van der Waals surface area (Å²) < 4.78 is 0. The average molecular weight is 168 g/mol. The summed E-state index contributed by atoms with van der Waals surface area (Å²) in [6.45, 7) is 0.893. The van der Waals surface area contributed by atoms with Gasteiger partial charge in [-0.2, -0.15) is 0 Å². The maximum absolute atomic E-state index is 4.24. The lowest BCUT2D eigenvalue weighted by molar-refractivity contribution is 0.790. The van der Waals surface area contributed by atoms with E-state index < -0.39 is 0 Å². The van der Waals surface area contributed by atoms with Gasteiger partial charge in [0.2, 0.25) is 0 Å². The van der Waals surface area contributed by atoms with Gasteiger partial charge in [-0.1, -0.05) is 6.07 Å². The number of hydrogen-bond acceptors (Lipinski definition) is 3. The second-order valence-corrected chi connectivity index (χ2v) is 3.00. The third-order valence-electron chi connectivity index (χ3n) is 1.41. The van der Waals surface area contributed by atoms with E-state index in [1.165, 1.54) is 5.56 Å². The number of aromatic nitrogens is 1. The Labute approximate surface area is 71.4 Å². The second kappa shape index (κ2) is 4.36. The average Bonchev–Trinajstić information content (AvgIpc) is 2.06. The van der Waals surface area contributed by atoms with E-state index in [9.17, 15) is 0 Å². The highest BCUT2D eigenvalue weighted by Gasteiger charge is 1.98. The first kappa shape index (κ1) is 8.56. The molecule has 0 spiro atoms. The summed E-state index contributed by atoms with van der Waals surface area (Å²) in [6.07, 6.45) is 3.87. The van der Waals surface area contributed by atoms with Crippen LogP contribution < -0.4 is 5.32 Å². The molecule has 0 radical (unpaired) electrons. The lowest BCUT2D eigenvalue weighted by Crippen LogP contribution is -2.06. The Morgan fingerprint density at radius 2 is 2.45 bits per heavy atom. The largest absolute Gasteiger partial charge is 0.316 e. The molecule has 0 fully saturated rings. The van der Waals surface area contributed by atoms with Gasteiger partial charge >= 0.3 is 0 Å². The van der Waals surface area contributed by atoms with Gasteiger partial charge in [0.05, 0.1) is 0 Å². The van der Waals surface area contributed by atoms with E-state index in [4.69, 9.17) is 0 Å². The van der Waals surface area contributed by atoms with Crippen LogP contribution in [0.3, 0.4) is 0 Å². The van der Waals surface area contributed by atoms with Crippen LogP contribution in [0, 0.1) is 0 Å². The molecule has 0 unspecified atom stereocenters. The predicted octanol–water partition coefficient (Wildman–Crippen LogP) is 1.52. The highest BCUT2D eigenvalue weighted by atomic mass is 32.2. The van der Waals surface area contributed by atoms with Gasteiger partial charge in [-0.15, -0.1) is 11.8 Å². The number of thioether (sulfide) groups is 1. The minimum Gasteiger partial charge on any atom is -0.316 e. The van der Waals surface area contributed by atoms with E-state index >= 15 is 0 Å². The van der Waals surface area contributed by atoms with E-state index in [0.29, 0.717) is 0 Å². The van der Waals surface area contributed by atoms with Crippen molar-refractivity contribution in [3.05, 3.63) is 23.9 Å². The van der Waals surface area contributed by atoms with Crippen molar-refractivity contribution in [2.24, 2.45) is 0 Å². The van der Waals surface area contributed by atoms with Gasteiger partial charge in [0.15, 0.2) is 0 Å². The summed E-state index contributed by atoms with van der Waals surface area (Å²) in [5, 5.41) is 4.22. The molecule has 1 aromatic heterocycles. The highest BCUT2D eigenvalue weighted by Crippen LogP contribution is 2.15. The van der Waals surface area contributed by atoms with Gasteiger partial charge in [0.1, 0.15) is 5.03 Å². The third-order valence-corrected chi connectivity index (χ3v) is 2.16.